The Morgan fingerprint density at radius 2 is 1.37 bits per heavy atom. The van der Waals surface area contributed by atoms with E-state index in [1.807, 2.05) is 59.6 Å². The van der Waals surface area contributed by atoms with Crippen LogP contribution >= 0.6 is 0 Å². The average molecular weight is 1140 g/mol. The van der Waals surface area contributed by atoms with E-state index in [-0.39, 0.29) is 80.2 Å². The molecule has 2 aliphatic rings. The second-order valence-electron chi connectivity index (χ2n) is 21.6. The molecule has 1 aromatic rings. The van der Waals surface area contributed by atoms with Crippen molar-refractivity contribution in [1.29, 1.82) is 0 Å². The van der Waals surface area contributed by atoms with Gasteiger partial charge in [-0.2, -0.15) is 0 Å². The molecule has 2 fully saturated rings. The fourth-order valence-corrected chi connectivity index (χ4v) is 11.5. The molecule has 1 aromatic carbocycles. The molecular formula is C56H93N7O15S. The van der Waals surface area contributed by atoms with Gasteiger partial charge >= 0.3 is 0 Å². The van der Waals surface area contributed by atoms with Gasteiger partial charge in [-0.25, -0.2) is 8.42 Å². The van der Waals surface area contributed by atoms with Gasteiger partial charge in [0.05, 0.1) is 93.5 Å². The molecule has 1 aliphatic carbocycles. The summed E-state index contributed by atoms with van der Waals surface area (Å²) >= 11 is 0. The predicted octanol–water partition coefficient (Wildman–Crippen LogP) is 2.30. The first-order valence-electron chi connectivity index (χ1n) is 28.0. The maximum atomic E-state index is 14.7. The zero-order valence-corrected chi connectivity index (χ0v) is 49.5. The topological polar surface area (TPSA) is 275 Å². The van der Waals surface area contributed by atoms with Crippen LogP contribution in [0.25, 0.3) is 0 Å². The summed E-state index contributed by atoms with van der Waals surface area (Å²) in [6.45, 7) is 16.1. The van der Waals surface area contributed by atoms with E-state index < -0.39 is 81.3 Å². The van der Waals surface area contributed by atoms with Crippen molar-refractivity contribution >= 4 is 58.0 Å². The maximum Gasteiger partial charge on any atom is 0.256 e. The Hall–Kier alpha value is -4.91. The highest BCUT2D eigenvalue weighted by molar-refractivity contribution is 7.90. The van der Waals surface area contributed by atoms with Crippen molar-refractivity contribution in [3.63, 3.8) is 0 Å². The van der Waals surface area contributed by atoms with Crippen molar-refractivity contribution in [2.75, 3.05) is 87.6 Å². The summed E-state index contributed by atoms with van der Waals surface area (Å²) in [5, 5.41) is 7.87. The molecule has 1 heterocycles. The summed E-state index contributed by atoms with van der Waals surface area (Å²) in [5.74, 6) is -4.74. The normalized spacial score (nSPS) is 17.8. The third-order valence-electron chi connectivity index (χ3n) is 15.0. The van der Waals surface area contributed by atoms with E-state index in [1.54, 1.807) is 48.0 Å². The molecule has 22 nitrogen and oxygen atoms in total. The van der Waals surface area contributed by atoms with Crippen LogP contribution in [0.2, 0.25) is 0 Å². The number of carbonyl (C=O) groups excluding carboxylic acids is 8. The number of likely N-dealkylation sites (N-methyl/N-ethyl adjacent to an activating group) is 2. The summed E-state index contributed by atoms with van der Waals surface area (Å²) in [5.41, 5.74) is 0.722. The van der Waals surface area contributed by atoms with Crippen LogP contribution in [0, 0.1) is 29.6 Å². The van der Waals surface area contributed by atoms with Crippen LogP contribution in [0.5, 0.6) is 0 Å². The Morgan fingerprint density at radius 3 is 1.91 bits per heavy atom. The van der Waals surface area contributed by atoms with Gasteiger partial charge in [-0.1, -0.05) is 85.2 Å². The fourth-order valence-electron chi connectivity index (χ4n) is 10.1. The van der Waals surface area contributed by atoms with Crippen molar-refractivity contribution < 1.29 is 70.5 Å². The minimum Gasteiger partial charge on any atom is -0.379 e. The first-order chi connectivity index (χ1) is 37.6. The minimum atomic E-state index is -3.89. The van der Waals surface area contributed by atoms with Gasteiger partial charge in [-0.3, -0.25) is 38.4 Å². The zero-order chi connectivity index (χ0) is 58.8. The highest BCUT2D eigenvalue weighted by atomic mass is 32.2. The van der Waals surface area contributed by atoms with E-state index in [9.17, 15) is 46.8 Å². The van der Waals surface area contributed by atoms with Crippen LogP contribution in [-0.4, -0.2) is 206 Å². The molecule has 1 saturated heterocycles. The molecular weight excluding hydrogens is 1040 g/mol. The number of methoxy groups -OCH3 is 2. The number of hydrogen-bond donors (Lipinski definition) is 4. The van der Waals surface area contributed by atoms with Crippen molar-refractivity contribution in [3.8, 4) is 0 Å². The summed E-state index contributed by atoms with van der Waals surface area (Å²) < 4.78 is 56.6. The average Bonchev–Trinajstić information content (AvgIpc) is 4.23. The highest BCUT2D eigenvalue weighted by Crippen LogP contribution is 2.31. The molecule has 0 spiro atoms. The number of nitrogens with zero attached hydrogens (tertiary/aromatic N) is 3. The molecule has 23 heteroatoms. The quantitative estimate of drug-likeness (QED) is 0.0542. The lowest BCUT2D eigenvalue weighted by Gasteiger charge is -2.41. The van der Waals surface area contributed by atoms with Gasteiger partial charge in [0, 0.05) is 60.2 Å². The summed E-state index contributed by atoms with van der Waals surface area (Å²) in [6.07, 6.45) is 2.36. The van der Waals surface area contributed by atoms with E-state index in [4.69, 9.17) is 23.7 Å². The van der Waals surface area contributed by atoms with Crippen LogP contribution in [0.1, 0.15) is 105 Å². The van der Waals surface area contributed by atoms with Gasteiger partial charge in [0.2, 0.25) is 39.6 Å². The monoisotopic (exact) mass is 1140 g/mol. The van der Waals surface area contributed by atoms with E-state index in [2.05, 4.69) is 20.7 Å². The van der Waals surface area contributed by atoms with Crippen molar-refractivity contribution in [2.45, 2.75) is 154 Å². The van der Waals surface area contributed by atoms with Crippen LogP contribution in [0.3, 0.4) is 0 Å². The van der Waals surface area contributed by atoms with Gasteiger partial charge in [0.25, 0.3) is 5.91 Å². The van der Waals surface area contributed by atoms with Crippen LogP contribution < -0.4 is 20.7 Å². The molecule has 3 rings (SSSR count). The first kappa shape index (κ1) is 68.4. The number of carbonyl (C=O) groups is 8. The highest BCUT2D eigenvalue weighted by Gasteiger charge is 2.44. The molecule has 9 atom stereocenters. The number of nitrogens with one attached hydrogen (secondary N) is 4. The summed E-state index contributed by atoms with van der Waals surface area (Å²) in [4.78, 5) is 110. The Balaban J connectivity index is 1.60. The SMILES string of the molecule is CCC(C)C(C(CC(=O)N1CCCC1C(OC)C(C)C(=O)NC(Cc1ccccc1)C(=O)NS(=O)(=O)C1CC1)OC)N(C)C(=O)C(NC(=O)C(C(C)C)N(C)CCOCCOCCOCCNC(=O)C(CC=O)CC=O)C(C)C. The lowest BCUT2D eigenvalue weighted by atomic mass is 9.89. The van der Waals surface area contributed by atoms with E-state index in [0.29, 0.717) is 90.8 Å². The van der Waals surface area contributed by atoms with Crippen LogP contribution in [-0.2, 0) is 78.5 Å². The smallest absolute Gasteiger partial charge is 0.256 e. The number of likely N-dealkylation sites (tertiary alicyclic amines) is 1. The zero-order valence-electron chi connectivity index (χ0n) is 48.6. The van der Waals surface area contributed by atoms with E-state index >= 15 is 0 Å². The lowest BCUT2D eigenvalue weighted by Crippen LogP contribution is -2.60. The Kier molecular flexibility index (Phi) is 30.3. The predicted molar refractivity (Wildman–Crippen MR) is 297 cm³/mol. The number of sulfonamides is 1. The third-order valence-corrected chi connectivity index (χ3v) is 16.8. The van der Waals surface area contributed by atoms with Crippen LogP contribution in [0.4, 0.5) is 0 Å². The van der Waals surface area contributed by atoms with E-state index in [1.165, 1.54) is 14.2 Å². The molecule has 0 aromatic heterocycles. The van der Waals surface area contributed by atoms with Gasteiger partial charge in [-0.15, -0.1) is 0 Å². The molecule has 6 amide bonds. The Labute approximate surface area is 469 Å². The standard InChI is InChI=1S/C56H93N7O15S/c1-12-39(6)50(62(9)56(71)48(37(2)3)59-55(70)49(38(4)5)61(8)26-30-77-32-34-78-33-31-76-29-24-57-53(68)42(22-27-64)23-28-65)46(74-10)36-47(66)63-25-16-19-45(63)51(75-11)40(7)52(67)58-44(35-41-17-14-13-15-18-41)54(69)60-79(72,73)43-20-21-43/h13-15,17-18,27-28,37-40,42-46,48-51H,12,16,19-26,29-36H2,1-11H3,(H,57,68)(H,58,67)(H,59,70)(H,60,69). The molecule has 0 radical (unpaired) electrons. The second kappa shape index (κ2) is 35.1. The van der Waals surface area contributed by atoms with Gasteiger partial charge in [-0.05, 0) is 56.0 Å². The van der Waals surface area contributed by atoms with Crippen LogP contribution in [0.15, 0.2) is 30.3 Å². The van der Waals surface area contributed by atoms with Gasteiger partial charge in [0.15, 0.2) is 0 Å². The number of amides is 6. The number of ether oxygens (including phenoxy) is 5. The van der Waals surface area contributed by atoms with Gasteiger partial charge in [0.1, 0.15) is 24.7 Å². The van der Waals surface area contributed by atoms with E-state index in [0.717, 1.165) is 5.56 Å². The molecule has 4 N–H and O–H groups in total. The largest absolute Gasteiger partial charge is 0.379 e. The Bertz CT molecular complexity index is 2180. The number of aldehydes is 2. The molecule has 79 heavy (non-hydrogen) atoms. The lowest BCUT2D eigenvalue weighted by molar-refractivity contribution is -0.148. The number of rotatable bonds is 40. The summed E-state index contributed by atoms with van der Waals surface area (Å²) in [6, 6.07) is 5.17. The van der Waals surface area contributed by atoms with Crippen molar-refractivity contribution in [2.24, 2.45) is 29.6 Å². The Morgan fingerprint density at radius 1 is 0.759 bits per heavy atom. The van der Waals surface area contributed by atoms with Gasteiger partial charge < -0.3 is 59.0 Å². The molecule has 1 saturated carbocycles. The second-order valence-corrected chi connectivity index (χ2v) is 23.5. The molecule has 448 valence electrons. The molecule has 1 aliphatic heterocycles. The first-order valence-corrected chi connectivity index (χ1v) is 29.5. The number of hydrogen-bond acceptors (Lipinski definition) is 16. The van der Waals surface area contributed by atoms with Crippen molar-refractivity contribution in [1.82, 2.24) is 35.4 Å². The minimum absolute atomic E-state index is 0.0190. The maximum absolute atomic E-state index is 14.7. The third kappa shape index (κ3) is 21.8. The summed E-state index contributed by atoms with van der Waals surface area (Å²) in [7, 11) is 2.60. The fraction of sp³-hybridized carbons (Fsp3) is 0.750. The molecule has 0 bridgehead atoms. The number of benzene rings is 1. The molecule has 9 unspecified atom stereocenters. The van der Waals surface area contributed by atoms with Crippen molar-refractivity contribution in [3.05, 3.63) is 35.9 Å².